The van der Waals surface area contributed by atoms with Gasteiger partial charge in [-0.05, 0) is 30.7 Å². The summed E-state index contributed by atoms with van der Waals surface area (Å²) in [4.78, 5) is 14.2. The van der Waals surface area contributed by atoms with Crippen LogP contribution in [-0.4, -0.2) is 36.5 Å². The van der Waals surface area contributed by atoms with Gasteiger partial charge in [0.05, 0.1) is 6.61 Å². The molecule has 24 heavy (non-hydrogen) atoms. The molecule has 1 amide bonds. The standard InChI is InChI=1S/C19H24N2O2.ClH/c20-14-16-8-4-12-21(16)19(22)11-5-13-23-18-10-3-7-15-6-1-2-9-17(15)18;/h1-3,6-7,9-10,16H,4-5,8,11-14,20H2;1H. The highest BCUT2D eigenvalue weighted by atomic mass is 35.5. The zero-order valence-corrected chi connectivity index (χ0v) is 14.6. The number of likely N-dealkylation sites (tertiary alicyclic amines) is 1. The van der Waals surface area contributed by atoms with Crippen LogP contribution in [0.1, 0.15) is 25.7 Å². The van der Waals surface area contributed by atoms with Crippen molar-refractivity contribution in [3.05, 3.63) is 42.5 Å². The molecule has 5 heteroatoms. The molecule has 130 valence electrons. The van der Waals surface area contributed by atoms with Crippen molar-refractivity contribution >= 4 is 29.1 Å². The minimum absolute atomic E-state index is 0. The molecule has 2 N–H and O–H groups in total. The topological polar surface area (TPSA) is 55.6 Å². The highest BCUT2D eigenvalue weighted by molar-refractivity contribution is 5.88. The second-order valence-corrected chi connectivity index (χ2v) is 6.05. The van der Waals surface area contributed by atoms with Gasteiger partial charge in [-0.2, -0.15) is 0 Å². The fourth-order valence-corrected chi connectivity index (χ4v) is 3.28. The molecule has 1 unspecified atom stereocenters. The monoisotopic (exact) mass is 348 g/mol. The van der Waals surface area contributed by atoms with Crippen LogP contribution in [0.5, 0.6) is 5.75 Å². The zero-order valence-electron chi connectivity index (χ0n) is 13.8. The second-order valence-electron chi connectivity index (χ2n) is 6.05. The van der Waals surface area contributed by atoms with Crippen molar-refractivity contribution in [2.45, 2.75) is 31.7 Å². The van der Waals surface area contributed by atoms with Crippen molar-refractivity contribution in [1.29, 1.82) is 0 Å². The number of benzene rings is 2. The van der Waals surface area contributed by atoms with E-state index < -0.39 is 0 Å². The first-order chi connectivity index (χ1) is 11.3. The first kappa shape index (κ1) is 18.6. The molecule has 1 aliphatic heterocycles. The lowest BCUT2D eigenvalue weighted by Gasteiger charge is -2.23. The van der Waals surface area contributed by atoms with Gasteiger partial charge in [-0.25, -0.2) is 0 Å². The molecule has 0 saturated carbocycles. The van der Waals surface area contributed by atoms with E-state index in [1.54, 1.807) is 0 Å². The van der Waals surface area contributed by atoms with Crippen LogP contribution in [0.3, 0.4) is 0 Å². The van der Waals surface area contributed by atoms with Gasteiger partial charge in [-0.1, -0.05) is 36.4 Å². The van der Waals surface area contributed by atoms with E-state index >= 15 is 0 Å². The molecule has 4 nitrogen and oxygen atoms in total. The summed E-state index contributed by atoms with van der Waals surface area (Å²) in [6.45, 7) is 1.98. The van der Waals surface area contributed by atoms with Crippen molar-refractivity contribution < 1.29 is 9.53 Å². The fraction of sp³-hybridized carbons (Fsp3) is 0.421. The summed E-state index contributed by atoms with van der Waals surface area (Å²) >= 11 is 0. The molecule has 0 aromatic heterocycles. The number of carbonyl (C=O) groups is 1. The van der Waals surface area contributed by atoms with E-state index in [1.165, 1.54) is 5.39 Å². The van der Waals surface area contributed by atoms with Crippen LogP contribution in [-0.2, 0) is 4.79 Å². The highest BCUT2D eigenvalue weighted by Crippen LogP contribution is 2.25. The normalized spacial score (nSPS) is 16.9. The molecule has 1 atom stereocenters. The molecular formula is C19H25ClN2O2. The Balaban J connectivity index is 0.00000208. The third kappa shape index (κ3) is 4.19. The number of fused-ring (bicyclic) bond motifs is 1. The Morgan fingerprint density at radius 1 is 1.21 bits per heavy atom. The minimum Gasteiger partial charge on any atom is -0.493 e. The Morgan fingerprint density at radius 3 is 2.83 bits per heavy atom. The van der Waals surface area contributed by atoms with Crippen LogP contribution in [0.4, 0.5) is 0 Å². The van der Waals surface area contributed by atoms with Gasteiger partial charge in [0.25, 0.3) is 0 Å². The molecule has 1 fully saturated rings. The maximum absolute atomic E-state index is 12.3. The lowest BCUT2D eigenvalue weighted by atomic mass is 10.1. The van der Waals surface area contributed by atoms with E-state index in [-0.39, 0.29) is 24.4 Å². The number of hydrogen-bond acceptors (Lipinski definition) is 3. The number of rotatable bonds is 6. The van der Waals surface area contributed by atoms with E-state index in [0.29, 0.717) is 19.6 Å². The molecule has 0 bridgehead atoms. The smallest absolute Gasteiger partial charge is 0.222 e. The first-order valence-electron chi connectivity index (χ1n) is 8.39. The number of carbonyl (C=O) groups excluding carboxylic acids is 1. The number of hydrogen-bond donors (Lipinski definition) is 1. The lowest BCUT2D eigenvalue weighted by Crippen LogP contribution is -2.39. The van der Waals surface area contributed by atoms with Gasteiger partial charge in [-0.3, -0.25) is 4.79 Å². The van der Waals surface area contributed by atoms with E-state index in [1.807, 2.05) is 29.2 Å². The summed E-state index contributed by atoms with van der Waals surface area (Å²) in [7, 11) is 0. The molecule has 1 aliphatic rings. The van der Waals surface area contributed by atoms with E-state index in [2.05, 4.69) is 18.2 Å². The van der Waals surface area contributed by atoms with Gasteiger partial charge in [0, 0.05) is 30.9 Å². The molecule has 1 saturated heterocycles. The van der Waals surface area contributed by atoms with Gasteiger partial charge < -0.3 is 15.4 Å². The summed E-state index contributed by atoms with van der Waals surface area (Å²) in [5, 5.41) is 2.29. The number of halogens is 1. The fourth-order valence-electron chi connectivity index (χ4n) is 3.28. The molecule has 3 rings (SSSR count). The third-order valence-corrected chi connectivity index (χ3v) is 4.51. The number of ether oxygens (including phenoxy) is 1. The Morgan fingerprint density at radius 2 is 2.00 bits per heavy atom. The number of nitrogens with two attached hydrogens (primary N) is 1. The third-order valence-electron chi connectivity index (χ3n) is 4.51. The molecule has 2 aromatic rings. The lowest BCUT2D eigenvalue weighted by molar-refractivity contribution is -0.132. The van der Waals surface area contributed by atoms with Crippen LogP contribution < -0.4 is 10.5 Å². The van der Waals surface area contributed by atoms with E-state index in [9.17, 15) is 4.79 Å². The number of nitrogens with zero attached hydrogens (tertiary/aromatic N) is 1. The Bertz CT molecular complexity index is 672. The Labute approximate surface area is 149 Å². The maximum Gasteiger partial charge on any atom is 0.222 e. The SMILES string of the molecule is Cl.NCC1CCCN1C(=O)CCCOc1cccc2ccccc12. The van der Waals surface area contributed by atoms with Crippen LogP contribution in [0.15, 0.2) is 42.5 Å². The quantitative estimate of drug-likeness (QED) is 0.814. The predicted molar refractivity (Wildman–Crippen MR) is 99.7 cm³/mol. The zero-order chi connectivity index (χ0) is 16.1. The Hall–Kier alpha value is -1.78. The van der Waals surface area contributed by atoms with Gasteiger partial charge in [0.1, 0.15) is 5.75 Å². The van der Waals surface area contributed by atoms with E-state index in [0.717, 1.165) is 36.9 Å². The second kappa shape index (κ2) is 8.90. The highest BCUT2D eigenvalue weighted by Gasteiger charge is 2.26. The molecule has 0 radical (unpaired) electrons. The van der Waals surface area contributed by atoms with Crippen LogP contribution in [0.2, 0.25) is 0 Å². The summed E-state index contributed by atoms with van der Waals surface area (Å²) in [5.74, 6) is 1.09. The van der Waals surface area contributed by atoms with E-state index in [4.69, 9.17) is 10.5 Å². The molecular weight excluding hydrogens is 324 g/mol. The predicted octanol–water partition coefficient (Wildman–Crippen LogP) is 3.37. The largest absolute Gasteiger partial charge is 0.493 e. The van der Waals surface area contributed by atoms with Crippen LogP contribution in [0, 0.1) is 0 Å². The minimum atomic E-state index is 0. The van der Waals surface area contributed by atoms with Crippen molar-refractivity contribution in [3.8, 4) is 5.75 Å². The van der Waals surface area contributed by atoms with Crippen LogP contribution in [0.25, 0.3) is 10.8 Å². The average molecular weight is 349 g/mol. The van der Waals surface area contributed by atoms with Gasteiger partial charge in [0.15, 0.2) is 0 Å². The molecule has 2 aromatic carbocycles. The number of amides is 1. The summed E-state index contributed by atoms with van der Waals surface area (Å²) in [6, 6.07) is 14.5. The molecule has 0 spiro atoms. The average Bonchev–Trinajstić information content (AvgIpc) is 3.07. The van der Waals surface area contributed by atoms with Crippen LogP contribution >= 0.6 is 12.4 Å². The van der Waals surface area contributed by atoms with Crippen molar-refractivity contribution in [2.75, 3.05) is 19.7 Å². The van der Waals surface area contributed by atoms with Gasteiger partial charge in [-0.15, -0.1) is 12.4 Å². The Kier molecular flexibility index (Phi) is 6.88. The summed E-state index contributed by atoms with van der Waals surface area (Å²) < 4.78 is 5.89. The van der Waals surface area contributed by atoms with Gasteiger partial charge in [0.2, 0.25) is 5.91 Å². The van der Waals surface area contributed by atoms with Gasteiger partial charge >= 0.3 is 0 Å². The molecule has 1 heterocycles. The maximum atomic E-state index is 12.3. The van der Waals surface area contributed by atoms with Crippen molar-refractivity contribution in [2.24, 2.45) is 5.73 Å². The first-order valence-corrected chi connectivity index (χ1v) is 8.39. The van der Waals surface area contributed by atoms with Crippen molar-refractivity contribution in [3.63, 3.8) is 0 Å². The molecule has 0 aliphatic carbocycles. The summed E-state index contributed by atoms with van der Waals surface area (Å²) in [6.07, 6.45) is 3.37. The van der Waals surface area contributed by atoms with Crippen molar-refractivity contribution in [1.82, 2.24) is 4.90 Å². The summed E-state index contributed by atoms with van der Waals surface area (Å²) in [5.41, 5.74) is 5.73.